The minimum atomic E-state index is -4.76. The van der Waals surface area contributed by atoms with Crippen LogP contribution in [-0.2, 0) is 0 Å². The van der Waals surface area contributed by atoms with Crippen LogP contribution in [0.5, 0.6) is 11.6 Å². The minimum absolute atomic E-state index is 0.0369. The van der Waals surface area contributed by atoms with Crippen molar-refractivity contribution in [3.8, 4) is 17.7 Å². The average molecular weight is 360 g/mol. The molecule has 0 bridgehead atoms. The molecule has 132 valence electrons. The van der Waals surface area contributed by atoms with Crippen molar-refractivity contribution in [2.45, 2.75) is 12.4 Å². The molecule has 0 aliphatic carbocycles. The SMILES string of the molecule is N#CC1=C(C(F)(F)F)C=C(c2ccc(Oc3cnccn3)cc2)NC1O. The first kappa shape index (κ1) is 17.4. The smallest absolute Gasteiger partial charge is 0.417 e. The van der Waals surface area contributed by atoms with E-state index in [0.717, 1.165) is 6.08 Å². The van der Waals surface area contributed by atoms with Gasteiger partial charge < -0.3 is 15.2 Å². The van der Waals surface area contributed by atoms with E-state index in [9.17, 15) is 18.3 Å². The molecule has 26 heavy (non-hydrogen) atoms. The number of rotatable bonds is 3. The molecule has 6 nitrogen and oxygen atoms in total. The summed E-state index contributed by atoms with van der Waals surface area (Å²) < 4.78 is 44.8. The maximum absolute atomic E-state index is 13.1. The summed E-state index contributed by atoms with van der Waals surface area (Å²) in [6.45, 7) is 0. The Hall–Kier alpha value is -3.38. The first-order chi connectivity index (χ1) is 12.4. The minimum Gasteiger partial charge on any atom is -0.438 e. The fraction of sp³-hybridized carbons (Fsp3) is 0.118. The molecule has 1 aliphatic rings. The van der Waals surface area contributed by atoms with Crippen LogP contribution in [0.4, 0.5) is 13.2 Å². The fourth-order valence-corrected chi connectivity index (χ4v) is 2.31. The van der Waals surface area contributed by atoms with Crippen molar-refractivity contribution in [3.05, 3.63) is 65.6 Å². The van der Waals surface area contributed by atoms with Gasteiger partial charge in [-0.1, -0.05) is 0 Å². The quantitative estimate of drug-likeness (QED) is 0.875. The van der Waals surface area contributed by atoms with Gasteiger partial charge in [0.2, 0.25) is 5.88 Å². The molecule has 0 spiro atoms. The van der Waals surface area contributed by atoms with Crippen LogP contribution < -0.4 is 10.1 Å². The maximum atomic E-state index is 13.1. The Morgan fingerprint density at radius 3 is 2.50 bits per heavy atom. The third-order valence-electron chi connectivity index (χ3n) is 3.50. The van der Waals surface area contributed by atoms with Crippen LogP contribution in [0.25, 0.3) is 5.70 Å². The van der Waals surface area contributed by atoms with Crippen molar-refractivity contribution in [1.82, 2.24) is 15.3 Å². The molecule has 1 aliphatic heterocycles. The molecule has 0 saturated carbocycles. The number of hydrogen-bond donors (Lipinski definition) is 2. The second-order valence-corrected chi connectivity index (χ2v) is 5.21. The predicted molar refractivity (Wildman–Crippen MR) is 84.4 cm³/mol. The molecule has 1 atom stereocenters. The highest BCUT2D eigenvalue weighted by Gasteiger charge is 2.39. The van der Waals surface area contributed by atoms with Crippen LogP contribution in [0.15, 0.2) is 60.1 Å². The third-order valence-corrected chi connectivity index (χ3v) is 3.50. The van der Waals surface area contributed by atoms with E-state index in [-0.39, 0.29) is 11.6 Å². The zero-order valence-corrected chi connectivity index (χ0v) is 13.0. The van der Waals surface area contributed by atoms with Gasteiger partial charge in [-0.3, -0.25) is 4.98 Å². The maximum Gasteiger partial charge on any atom is 0.417 e. The van der Waals surface area contributed by atoms with Crippen LogP contribution in [0.2, 0.25) is 0 Å². The highest BCUT2D eigenvalue weighted by molar-refractivity contribution is 5.71. The average Bonchev–Trinajstić information content (AvgIpc) is 2.62. The lowest BCUT2D eigenvalue weighted by Gasteiger charge is -2.25. The van der Waals surface area contributed by atoms with E-state index in [2.05, 4.69) is 15.3 Å². The van der Waals surface area contributed by atoms with E-state index >= 15 is 0 Å². The topological polar surface area (TPSA) is 91.1 Å². The molecular formula is C17H11F3N4O2. The normalized spacial score (nSPS) is 17.2. The van der Waals surface area contributed by atoms with Gasteiger partial charge in [-0.05, 0) is 35.9 Å². The summed E-state index contributed by atoms with van der Waals surface area (Å²) in [5.74, 6) is 0.683. The summed E-state index contributed by atoms with van der Waals surface area (Å²) in [6, 6.07) is 7.50. The second-order valence-electron chi connectivity index (χ2n) is 5.21. The van der Waals surface area contributed by atoms with Gasteiger partial charge in [0.05, 0.1) is 17.3 Å². The molecule has 0 radical (unpaired) electrons. The summed E-state index contributed by atoms with van der Waals surface area (Å²) in [7, 11) is 0. The van der Waals surface area contributed by atoms with E-state index in [1.165, 1.54) is 48.9 Å². The highest BCUT2D eigenvalue weighted by Crippen LogP contribution is 2.35. The molecule has 1 unspecified atom stereocenters. The second kappa shape index (κ2) is 6.85. The van der Waals surface area contributed by atoms with Crippen LogP contribution >= 0.6 is 0 Å². The van der Waals surface area contributed by atoms with Gasteiger partial charge in [0.15, 0.2) is 6.23 Å². The molecule has 3 rings (SSSR count). The van der Waals surface area contributed by atoms with Crippen molar-refractivity contribution in [1.29, 1.82) is 5.26 Å². The molecular weight excluding hydrogens is 349 g/mol. The van der Waals surface area contributed by atoms with E-state index in [1.807, 2.05) is 0 Å². The molecule has 1 aromatic heterocycles. The zero-order chi connectivity index (χ0) is 18.7. The Kier molecular flexibility index (Phi) is 4.60. The summed E-state index contributed by atoms with van der Waals surface area (Å²) in [5, 5.41) is 21.2. The Morgan fingerprint density at radius 1 is 1.19 bits per heavy atom. The van der Waals surface area contributed by atoms with Crippen LogP contribution in [-0.4, -0.2) is 27.5 Å². The number of hydrogen-bond acceptors (Lipinski definition) is 6. The number of aliphatic hydroxyl groups is 1. The molecule has 1 aromatic carbocycles. The number of aliphatic hydroxyl groups excluding tert-OH is 1. The van der Waals surface area contributed by atoms with Crippen molar-refractivity contribution in [2.24, 2.45) is 0 Å². The molecule has 0 saturated heterocycles. The first-order valence-corrected chi connectivity index (χ1v) is 7.30. The molecule has 2 aromatic rings. The van der Waals surface area contributed by atoms with E-state index < -0.39 is 23.6 Å². The molecule has 2 N–H and O–H groups in total. The number of aromatic nitrogens is 2. The number of dihydropyridines is 1. The van der Waals surface area contributed by atoms with Crippen molar-refractivity contribution in [3.63, 3.8) is 0 Å². The molecule has 0 fully saturated rings. The van der Waals surface area contributed by atoms with Crippen molar-refractivity contribution in [2.75, 3.05) is 0 Å². The van der Waals surface area contributed by atoms with Crippen LogP contribution in [0, 0.1) is 11.3 Å². The highest BCUT2D eigenvalue weighted by atomic mass is 19.4. The fourth-order valence-electron chi connectivity index (χ4n) is 2.31. The number of nitriles is 1. The Labute approximate surface area is 145 Å². The Morgan fingerprint density at radius 2 is 1.92 bits per heavy atom. The van der Waals surface area contributed by atoms with Crippen LogP contribution in [0.1, 0.15) is 5.56 Å². The number of halogens is 3. The standard InChI is InChI=1S/C17H11F3N4O2/c18-17(19,20)13-7-14(24-16(25)12(13)8-21)10-1-3-11(4-2-10)26-15-9-22-5-6-23-15/h1-7,9,16,24-25H. The van der Waals surface area contributed by atoms with Gasteiger partial charge in [0.1, 0.15) is 11.8 Å². The van der Waals surface area contributed by atoms with Gasteiger partial charge >= 0.3 is 6.18 Å². The number of ether oxygens (including phenoxy) is 1. The monoisotopic (exact) mass is 360 g/mol. The largest absolute Gasteiger partial charge is 0.438 e. The Bertz CT molecular complexity index is 900. The summed E-state index contributed by atoms with van der Waals surface area (Å²) in [5.41, 5.74) is -1.53. The number of benzene rings is 1. The van der Waals surface area contributed by atoms with Crippen molar-refractivity contribution < 1.29 is 23.0 Å². The van der Waals surface area contributed by atoms with E-state index in [1.54, 1.807) is 0 Å². The lowest BCUT2D eigenvalue weighted by molar-refractivity contribution is -0.0900. The molecule has 0 amide bonds. The number of nitrogens with zero attached hydrogens (tertiary/aromatic N) is 3. The third kappa shape index (κ3) is 3.65. The van der Waals surface area contributed by atoms with Gasteiger partial charge in [-0.15, -0.1) is 0 Å². The van der Waals surface area contributed by atoms with Gasteiger partial charge in [-0.25, -0.2) is 4.98 Å². The number of alkyl halides is 3. The lowest BCUT2D eigenvalue weighted by Crippen LogP contribution is -2.35. The molecule has 9 heteroatoms. The number of nitrogens with one attached hydrogen (secondary N) is 1. The van der Waals surface area contributed by atoms with E-state index in [0.29, 0.717) is 11.3 Å². The zero-order valence-electron chi connectivity index (χ0n) is 13.0. The summed E-state index contributed by atoms with van der Waals surface area (Å²) >= 11 is 0. The Balaban J connectivity index is 1.88. The van der Waals surface area contributed by atoms with Gasteiger partial charge in [-0.2, -0.15) is 18.4 Å². The number of allylic oxidation sites excluding steroid dienone is 2. The lowest BCUT2D eigenvalue weighted by atomic mass is 9.99. The first-order valence-electron chi connectivity index (χ1n) is 7.30. The van der Waals surface area contributed by atoms with Crippen LogP contribution in [0.3, 0.4) is 0 Å². The van der Waals surface area contributed by atoms with E-state index in [4.69, 9.17) is 10.00 Å². The summed E-state index contributed by atoms with van der Waals surface area (Å²) in [4.78, 5) is 7.80. The van der Waals surface area contributed by atoms with Gasteiger partial charge in [0.25, 0.3) is 0 Å². The molecule has 2 heterocycles. The predicted octanol–water partition coefficient (Wildman–Crippen LogP) is 2.91. The van der Waals surface area contributed by atoms with Gasteiger partial charge in [0, 0.05) is 18.1 Å². The van der Waals surface area contributed by atoms with Crippen molar-refractivity contribution >= 4 is 5.70 Å². The summed E-state index contributed by atoms with van der Waals surface area (Å²) in [6.07, 6.45) is -1.34.